The van der Waals surface area contributed by atoms with Gasteiger partial charge in [0.2, 0.25) is 0 Å². The quantitative estimate of drug-likeness (QED) is 0.801. The topological polar surface area (TPSA) is 50.2 Å². The number of hydrogen-bond donors (Lipinski definition) is 1. The van der Waals surface area contributed by atoms with Gasteiger partial charge in [-0.05, 0) is 18.8 Å². The van der Waals surface area contributed by atoms with E-state index in [1.165, 1.54) is 12.8 Å². The summed E-state index contributed by atoms with van der Waals surface area (Å²) in [6, 6.07) is 0.703. The molecule has 0 aliphatic heterocycles. The van der Waals surface area contributed by atoms with E-state index in [0.29, 0.717) is 17.8 Å². The Bertz CT molecular complexity index is 465. The summed E-state index contributed by atoms with van der Waals surface area (Å²) >= 11 is 0. The van der Waals surface area contributed by atoms with Crippen LogP contribution in [0.15, 0.2) is 17.2 Å². The molecule has 0 saturated heterocycles. The van der Waals surface area contributed by atoms with E-state index in [1.54, 1.807) is 17.0 Å². The molecule has 0 aromatic carbocycles. The van der Waals surface area contributed by atoms with Crippen LogP contribution in [-0.4, -0.2) is 35.7 Å². The fraction of sp³-hybridized carbons (Fsp3) is 0.714. The van der Waals surface area contributed by atoms with Gasteiger partial charge in [0.15, 0.2) is 5.82 Å². The largest absolute Gasteiger partial charge is 0.354 e. The van der Waals surface area contributed by atoms with Crippen LogP contribution in [0.2, 0.25) is 0 Å². The van der Waals surface area contributed by atoms with Gasteiger partial charge in [0.25, 0.3) is 5.56 Å². The van der Waals surface area contributed by atoms with E-state index in [2.05, 4.69) is 24.1 Å². The Hall–Kier alpha value is -1.36. The van der Waals surface area contributed by atoms with E-state index in [9.17, 15) is 4.79 Å². The van der Waals surface area contributed by atoms with Crippen molar-refractivity contribution in [1.82, 2.24) is 14.9 Å². The van der Waals surface area contributed by atoms with Crippen molar-refractivity contribution >= 4 is 5.82 Å². The number of nitrogens with one attached hydrogen (secondary N) is 1. The third-order valence-electron chi connectivity index (χ3n) is 3.28. The van der Waals surface area contributed by atoms with Crippen molar-refractivity contribution in [3.8, 4) is 0 Å². The molecule has 19 heavy (non-hydrogen) atoms. The van der Waals surface area contributed by atoms with Crippen LogP contribution in [0, 0.1) is 5.92 Å². The van der Waals surface area contributed by atoms with Gasteiger partial charge in [-0.15, -0.1) is 0 Å². The van der Waals surface area contributed by atoms with Gasteiger partial charge in [-0.1, -0.05) is 13.8 Å². The van der Waals surface area contributed by atoms with Crippen molar-refractivity contribution in [2.24, 2.45) is 5.92 Å². The zero-order valence-corrected chi connectivity index (χ0v) is 12.1. The highest BCUT2D eigenvalue weighted by atomic mass is 16.1. The van der Waals surface area contributed by atoms with Crippen molar-refractivity contribution in [2.75, 3.05) is 25.0 Å². The molecule has 1 aliphatic rings. The third-order valence-corrected chi connectivity index (χ3v) is 3.28. The molecule has 1 fully saturated rings. The SMILES string of the molecule is CC(C)Cn1ccnc(N(C)CCNC2CC2)c1=O. The minimum Gasteiger partial charge on any atom is -0.354 e. The highest BCUT2D eigenvalue weighted by Gasteiger charge is 2.20. The molecular weight excluding hydrogens is 240 g/mol. The summed E-state index contributed by atoms with van der Waals surface area (Å²) in [6.07, 6.45) is 6.05. The number of likely N-dealkylation sites (N-methyl/N-ethyl adjacent to an activating group) is 1. The summed E-state index contributed by atoms with van der Waals surface area (Å²) in [7, 11) is 1.93. The molecule has 1 aliphatic carbocycles. The van der Waals surface area contributed by atoms with Crippen molar-refractivity contribution in [3.63, 3.8) is 0 Å². The maximum absolute atomic E-state index is 12.3. The molecule has 1 saturated carbocycles. The molecule has 1 heterocycles. The van der Waals surface area contributed by atoms with E-state index in [1.807, 2.05) is 11.9 Å². The molecule has 2 rings (SSSR count). The van der Waals surface area contributed by atoms with Gasteiger partial charge in [-0.2, -0.15) is 0 Å². The first kappa shape index (κ1) is 14.1. The Balaban J connectivity index is 1.99. The maximum atomic E-state index is 12.3. The summed E-state index contributed by atoms with van der Waals surface area (Å²) in [5, 5.41) is 3.45. The monoisotopic (exact) mass is 264 g/mol. The second-order valence-electron chi connectivity index (χ2n) is 5.75. The van der Waals surface area contributed by atoms with Crippen LogP contribution in [-0.2, 0) is 6.54 Å². The van der Waals surface area contributed by atoms with Gasteiger partial charge in [-0.25, -0.2) is 4.98 Å². The van der Waals surface area contributed by atoms with Gasteiger partial charge < -0.3 is 14.8 Å². The highest BCUT2D eigenvalue weighted by molar-refractivity contribution is 5.34. The van der Waals surface area contributed by atoms with Crippen molar-refractivity contribution in [1.29, 1.82) is 0 Å². The molecule has 106 valence electrons. The second-order valence-corrected chi connectivity index (χ2v) is 5.75. The smallest absolute Gasteiger partial charge is 0.293 e. The van der Waals surface area contributed by atoms with Gasteiger partial charge in [0.05, 0.1) is 0 Å². The molecule has 1 aromatic rings. The maximum Gasteiger partial charge on any atom is 0.293 e. The van der Waals surface area contributed by atoms with Gasteiger partial charge in [0.1, 0.15) is 0 Å². The van der Waals surface area contributed by atoms with Crippen LogP contribution < -0.4 is 15.8 Å². The molecule has 5 heteroatoms. The van der Waals surface area contributed by atoms with E-state index in [4.69, 9.17) is 0 Å². The van der Waals surface area contributed by atoms with Crippen LogP contribution in [0.1, 0.15) is 26.7 Å². The van der Waals surface area contributed by atoms with Gasteiger partial charge in [0, 0.05) is 45.1 Å². The van der Waals surface area contributed by atoms with Crippen LogP contribution >= 0.6 is 0 Å². The van der Waals surface area contributed by atoms with Crippen LogP contribution in [0.25, 0.3) is 0 Å². The molecule has 1 N–H and O–H groups in total. The molecule has 0 unspecified atom stereocenters. The molecular formula is C14H24N4O. The number of hydrogen-bond acceptors (Lipinski definition) is 4. The summed E-state index contributed by atoms with van der Waals surface area (Å²) in [6.45, 7) is 6.67. The minimum absolute atomic E-state index is 0.00474. The predicted molar refractivity (Wildman–Crippen MR) is 77.6 cm³/mol. The molecule has 0 bridgehead atoms. The molecule has 1 aromatic heterocycles. The Morgan fingerprint density at radius 3 is 2.89 bits per heavy atom. The Kier molecular flexibility index (Phi) is 4.58. The van der Waals surface area contributed by atoms with Gasteiger partial charge in [-0.3, -0.25) is 4.79 Å². The highest BCUT2D eigenvalue weighted by Crippen LogP contribution is 2.18. The lowest BCUT2D eigenvalue weighted by atomic mass is 10.2. The molecule has 0 radical (unpaired) electrons. The molecule has 0 spiro atoms. The second kappa shape index (κ2) is 6.19. The van der Waals surface area contributed by atoms with Gasteiger partial charge >= 0.3 is 0 Å². The summed E-state index contributed by atoms with van der Waals surface area (Å²) < 4.78 is 1.75. The average Bonchev–Trinajstić information content (AvgIpc) is 3.15. The standard InChI is InChI=1S/C14H24N4O/c1-11(2)10-18-9-7-16-13(14(18)19)17(3)8-6-15-12-4-5-12/h7,9,11-12,15H,4-6,8,10H2,1-3H3. The van der Waals surface area contributed by atoms with Crippen molar-refractivity contribution in [3.05, 3.63) is 22.7 Å². The van der Waals surface area contributed by atoms with E-state index in [0.717, 1.165) is 19.6 Å². The molecule has 0 atom stereocenters. The fourth-order valence-corrected chi connectivity index (χ4v) is 2.06. The zero-order valence-electron chi connectivity index (χ0n) is 12.1. The Labute approximate surface area is 114 Å². The molecule has 5 nitrogen and oxygen atoms in total. The van der Waals surface area contributed by atoms with E-state index in [-0.39, 0.29) is 5.56 Å². The van der Waals surface area contributed by atoms with Crippen LogP contribution in [0.3, 0.4) is 0 Å². The third kappa shape index (κ3) is 4.06. The first-order chi connectivity index (χ1) is 9.08. The predicted octanol–water partition coefficient (Wildman–Crippen LogP) is 1.09. The number of rotatable bonds is 7. The number of nitrogens with zero attached hydrogens (tertiary/aromatic N) is 3. The number of anilines is 1. The normalized spacial score (nSPS) is 14.9. The summed E-state index contributed by atoms with van der Waals surface area (Å²) in [5.41, 5.74) is 0.00474. The minimum atomic E-state index is 0.00474. The lowest BCUT2D eigenvalue weighted by Crippen LogP contribution is -2.36. The Morgan fingerprint density at radius 2 is 2.26 bits per heavy atom. The summed E-state index contributed by atoms with van der Waals surface area (Å²) in [4.78, 5) is 18.5. The Morgan fingerprint density at radius 1 is 1.53 bits per heavy atom. The van der Waals surface area contributed by atoms with Crippen molar-refractivity contribution in [2.45, 2.75) is 39.3 Å². The summed E-state index contributed by atoms with van der Waals surface area (Å²) in [5.74, 6) is 0.996. The first-order valence-corrected chi connectivity index (χ1v) is 7.08. The first-order valence-electron chi connectivity index (χ1n) is 7.08. The van der Waals surface area contributed by atoms with E-state index >= 15 is 0 Å². The zero-order chi connectivity index (χ0) is 13.8. The lowest BCUT2D eigenvalue weighted by Gasteiger charge is -2.19. The van der Waals surface area contributed by atoms with Crippen LogP contribution in [0.4, 0.5) is 5.82 Å². The fourth-order valence-electron chi connectivity index (χ4n) is 2.06. The van der Waals surface area contributed by atoms with E-state index < -0.39 is 0 Å². The number of aromatic nitrogens is 2. The molecule has 0 amide bonds. The average molecular weight is 264 g/mol. The lowest BCUT2D eigenvalue weighted by molar-refractivity contribution is 0.508. The van der Waals surface area contributed by atoms with Crippen LogP contribution in [0.5, 0.6) is 0 Å². The van der Waals surface area contributed by atoms with Crippen molar-refractivity contribution < 1.29 is 0 Å².